The molecule has 0 aromatic heterocycles. The molecular formula is C13H18N2O3. The van der Waals surface area contributed by atoms with Gasteiger partial charge in [-0.15, -0.1) is 0 Å². The molecule has 1 aromatic rings. The van der Waals surface area contributed by atoms with Gasteiger partial charge in [-0.3, -0.25) is 9.59 Å². The molecule has 0 radical (unpaired) electrons. The zero-order valence-corrected chi connectivity index (χ0v) is 10.3. The van der Waals surface area contributed by atoms with E-state index in [0.29, 0.717) is 18.7 Å². The molecule has 0 heterocycles. The predicted molar refractivity (Wildman–Crippen MR) is 69.2 cm³/mol. The smallest absolute Gasteiger partial charge is 0.303 e. The van der Waals surface area contributed by atoms with E-state index in [2.05, 4.69) is 5.32 Å². The van der Waals surface area contributed by atoms with Gasteiger partial charge in [-0.1, -0.05) is 19.1 Å². The third kappa shape index (κ3) is 4.55. The summed E-state index contributed by atoms with van der Waals surface area (Å²) in [5.74, 6) is -1.16. The molecule has 5 heteroatoms. The molecule has 4 N–H and O–H groups in total. The molecule has 1 atom stereocenters. The van der Waals surface area contributed by atoms with Crippen LogP contribution >= 0.6 is 0 Å². The maximum absolute atomic E-state index is 11.6. The Balaban J connectivity index is 2.55. The van der Waals surface area contributed by atoms with Crippen LogP contribution in [-0.2, 0) is 16.0 Å². The number of aliphatic carboxylic acids is 1. The molecule has 0 aliphatic rings. The topological polar surface area (TPSA) is 92.4 Å². The van der Waals surface area contributed by atoms with Gasteiger partial charge in [0.05, 0.1) is 0 Å². The number of nitrogens with two attached hydrogens (primary N) is 1. The molecule has 0 spiro atoms. The first-order valence-corrected chi connectivity index (χ1v) is 5.84. The largest absolute Gasteiger partial charge is 0.481 e. The van der Waals surface area contributed by atoms with Gasteiger partial charge in [0.1, 0.15) is 0 Å². The average molecular weight is 250 g/mol. The summed E-state index contributed by atoms with van der Waals surface area (Å²) in [6.07, 6.45) is 0.596. The second kappa shape index (κ2) is 6.76. The molecule has 1 amide bonds. The van der Waals surface area contributed by atoms with E-state index in [1.54, 1.807) is 19.1 Å². The molecule has 0 aliphatic carbocycles. The first-order chi connectivity index (χ1) is 8.52. The lowest BCUT2D eigenvalue weighted by Crippen LogP contribution is -2.26. The number of rotatable bonds is 6. The minimum absolute atomic E-state index is 0.107. The Bertz CT molecular complexity index is 415. The molecule has 1 rings (SSSR count). The van der Waals surface area contributed by atoms with E-state index in [4.69, 9.17) is 10.8 Å². The fourth-order valence-electron chi connectivity index (χ4n) is 1.38. The number of carboxylic acids is 1. The van der Waals surface area contributed by atoms with Gasteiger partial charge in [-0.2, -0.15) is 0 Å². The van der Waals surface area contributed by atoms with Crippen molar-refractivity contribution in [2.75, 3.05) is 11.9 Å². The minimum Gasteiger partial charge on any atom is -0.481 e. The predicted octanol–water partition coefficient (Wildman–Crippen LogP) is 1.24. The third-order valence-electron chi connectivity index (χ3n) is 2.65. The molecule has 5 nitrogen and oxygen atoms in total. The van der Waals surface area contributed by atoms with Crippen molar-refractivity contribution in [2.45, 2.75) is 19.8 Å². The van der Waals surface area contributed by atoms with Gasteiger partial charge in [0.2, 0.25) is 5.91 Å². The number of benzene rings is 1. The lowest BCUT2D eigenvalue weighted by Gasteiger charge is -2.10. The van der Waals surface area contributed by atoms with Crippen LogP contribution in [0.4, 0.5) is 5.69 Å². The number of hydrogen-bond donors (Lipinski definition) is 3. The highest BCUT2D eigenvalue weighted by Gasteiger charge is 2.10. The van der Waals surface area contributed by atoms with Crippen molar-refractivity contribution in [3.63, 3.8) is 0 Å². The summed E-state index contributed by atoms with van der Waals surface area (Å²) >= 11 is 0. The van der Waals surface area contributed by atoms with Crippen LogP contribution < -0.4 is 11.1 Å². The van der Waals surface area contributed by atoms with Crippen LogP contribution in [-0.4, -0.2) is 23.5 Å². The number of carbonyl (C=O) groups excluding carboxylic acids is 1. The summed E-state index contributed by atoms with van der Waals surface area (Å²) in [7, 11) is 0. The van der Waals surface area contributed by atoms with E-state index < -0.39 is 5.97 Å². The molecule has 98 valence electrons. The van der Waals surface area contributed by atoms with E-state index in [9.17, 15) is 9.59 Å². The molecule has 0 aliphatic heterocycles. The standard InChI is InChI=1S/C13H18N2O3/c1-9(8-14)13(18)15-11-5-2-10(3-6-11)4-7-12(16)17/h2-3,5-6,9H,4,7-8,14H2,1H3,(H,15,18)(H,16,17). The van der Waals surface area contributed by atoms with Crippen molar-refractivity contribution in [1.82, 2.24) is 0 Å². The lowest BCUT2D eigenvalue weighted by atomic mass is 10.1. The zero-order valence-electron chi connectivity index (χ0n) is 10.3. The van der Waals surface area contributed by atoms with E-state index in [1.165, 1.54) is 0 Å². The van der Waals surface area contributed by atoms with Gasteiger partial charge in [-0.25, -0.2) is 0 Å². The summed E-state index contributed by atoms with van der Waals surface area (Å²) < 4.78 is 0. The zero-order chi connectivity index (χ0) is 13.5. The summed E-state index contributed by atoms with van der Waals surface area (Å²) in [5.41, 5.74) is 7.03. The molecule has 0 saturated heterocycles. The second-order valence-electron chi connectivity index (χ2n) is 4.22. The van der Waals surface area contributed by atoms with Crippen molar-refractivity contribution in [2.24, 2.45) is 11.7 Å². The Labute approximate surface area is 106 Å². The summed E-state index contributed by atoms with van der Waals surface area (Å²) in [6.45, 7) is 2.07. The van der Waals surface area contributed by atoms with Crippen LogP contribution in [0.1, 0.15) is 18.9 Å². The number of nitrogens with one attached hydrogen (secondary N) is 1. The number of hydrogen-bond acceptors (Lipinski definition) is 3. The van der Waals surface area contributed by atoms with Crippen molar-refractivity contribution in [1.29, 1.82) is 0 Å². The highest BCUT2D eigenvalue weighted by molar-refractivity contribution is 5.92. The molecular weight excluding hydrogens is 232 g/mol. The fraction of sp³-hybridized carbons (Fsp3) is 0.385. The van der Waals surface area contributed by atoms with Crippen molar-refractivity contribution in [3.8, 4) is 0 Å². The van der Waals surface area contributed by atoms with Gasteiger partial charge in [0.25, 0.3) is 0 Å². The highest BCUT2D eigenvalue weighted by Crippen LogP contribution is 2.12. The van der Waals surface area contributed by atoms with Crippen LogP contribution in [0.15, 0.2) is 24.3 Å². The molecule has 1 aromatic carbocycles. The lowest BCUT2D eigenvalue weighted by molar-refractivity contribution is -0.137. The Morgan fingerprint density at radius 3 is 2.44 bits per heavy atom. The summed E-state index contributed by atoms with van der Waals surface area (Å²) in [5, 5.41) is 11.3. The third-order valence-corrected chi connectivity index (χ3v) is 2.65. The Hall–Kier alpha value is -1.88. The van der Waals surface area contributed by atoms with E-state index in [1.807, 2.05) is 12.1 Å². The highest BCUT2D eigenvalue weighted by atomic mass is 16.4. The number of carbonyl (C=O) groups is 2. The van der Waals surface area contributed by atoms with Crippen LogP contribution in [0.2, 0.25) is 0 Å². The van der Waals surface area contributed by atoms with Crippen molar-refractivity contribution < 1.29 is 14.7 Å². The van der Waals surface area contributed by atoms with Gasteiger partial charge in [0.15, 0.2) is 0 Å². The molecule has 0 fully saturated rings. The van der Waals surface area contributed by atoms with Gasteiger partial charge < -0.3 is 16.2 Å². The van der Waals surface area contributed by atoms with Crippen molar-refractivity contribution >= 4 is 17.6 Å². The maximum atomic E-state index is 11.6. The molecule has 0 saturated carbocycles. The Kier molecular flexibility index (Phi) is 5.32. The van der Waals surface area contributed by atoms with Gasteiger partial charge >= 0.3 is 5.97 Å². The Morgan fingerprint density at radius 1 is 1.33 bits per heavy atom. The van der Waals surface area contributed by atoms with E-state index in [0.717, 1.165) is 5.56 Å². The van der Waals surface area contributed by atoms with Crippen LogP contribution in [0.3, 0.4) is 0 Å². The normalized spacial score (nSPS) is 11.9. The van der Waals surface area contributed by atoms with Gasteiger partial charge in [-0.05, 0) is 24.1 Å². The second-order valence-corrected chi connectivity index (χ2v) is 4.22. The number of amides is 1. The minimum atomic E-state index is -0.816. The SMILES string of the molecule is CC(CN)C(=O)Nc1ccc(CCC(=O)O)cc1. The van der Waals surface area contributed by atoms with E-state index >= 15 is 0 Å². The maximum Gasteiger partial charge on any atom is 0.303 e. The summed E-state index contributed by atoms with van der Waals surface area (Å²) in [4.78, 5) is 22.0. The molecule has 18 heavy (non-hydrogen) atoms. The number of anilines is 1. The van der Waals surface area contributed by atoms with Crippen molar-refractivity contribution in [3.05, 3.63) is 29.8 Å². The van der Waals surface area contributed by atoms with Crippen LogP contribution in [0.5, 0.6) is 0 Å². The van der Waals surface area contributed by atoms with Crippen LogP contribution in [0.25, 0.3) is 0 Å². The van der Waals surface area contributed by atoms with Crippen LogP contribution in [0, 0.1) is 5.92 Å². The quantitative estimate of drug-likeness (QED) is 0.708. The van der Waals surface area contributed by atoms with Gasteiger partial charge in [0, 0.05) is 24.6 Å². The first-order valence-electron chi connectivity index (χ1n) is 5.84. The summed E-state index contributed by atoms with van der Waals surface area (Å²) in [6, 6.07) is 7.15. The monoisotopic (exact) mass is 250 g/mol. The molecule has 0 bridgehead atoms. The average Bonchev–Trinajstić information content (AvgIpc) is 2.36. The fourth-order valence-corrected chi connectivity index (χ4v) is 1.38. The number of carboxylic acid groups (broad SMARTS) is 1. The number of aryl methyl sites for hydroxylation is 1. The Morgan fingerprint density at radius 2 is 1.94 bits per heavy atom. The molecule has 1 unspecified atom stereocenters. The first kappa shape index (κ1) is 14.2. The van der Waals surface area contributed by atoms with E-state index in [-0.39, 0.29) is 18.2 Å².